The van der Waals surface area contributed by atoms with Crippen molar-refractivity contribution in [1.82, 2.24) is 10.2 Å². The van der Waals surface area contributed by atoms with Crippen LogP contribution in [-0.2, 0) is 25.7 Å². The number of hydrogen-bond acceptors (Lipinski definition) is 4. The number of alkyl halides is 3. The van der Waals surface area contributed by atoms with Crippen molar-refractivity contribution in [3.05, 3.63) is 35.9 Å². The number of rotatable bonds is 7. The Morgan fingerprint density at radius 3 is 2.33 bits per heavy atom. The van der Waals surface area contributed by atoms with Gasteiger partial charge in [0, 0.05) is 6.54 Å². The van der Waals surface area contributed by atoms with Crippen LogP contribution in [0.3, 0.4) is 0 Å². The van der Waals surface area contributed by atoms with Crippen LogP contribution in [-0.4, -0.2) is 48.6 Å². The lowest BCUT2D eigenvalue weighted by molar-refractivity contribution is -0.174. The van der Waals surface area contributed by atoms with E-state index in [1.807, 2.05) is 0 Å². The molecule has 0 aliphatic carbocycles. The molecule has 0 atom stereocenters. The molecular formula is C15H17F3N2O4. The van der Waals surface area contributed by atoms with E-state index in [9.17, 15) is 27.6 Å². The largest absolute Gasteiger partial charge is 0.471 e. The quantitative estimate of drug-likeness (QED) is 0.754. The normalized spacial score (nSPS) is 10.8. The van der Waals surface area contributed by atoms with Crippen molar-refractivity contribution in [3.8, 4) is 0 Å². The van der Waals surface area contributed by atoms with Crippen LogP contribution in [0.1, 0.15) is 12.5 Å². The van der Waals surface area contributed by atoms with E-state index in [2.05, 4.69) is 0 Å². The predicted octanol–water partition coefficient (Wildman–Crippen LogP) is 1.26. The van der Waals surface area contributed by atoms with Gasteiger partial charge in [-0.1, -0.05) is 30.3 Å². The fraction of sp³-hybridized carbons (Fsp3) is 0.400. The zero-order chi connectivity index (χ0) is 18.2. The third-order valence-corrected chi connectivity index (χ3v) is 2.85. The number of carbonyl (C=O) groups is 3. The number of ether oxygens (including phenoxy) is 1. The molecule has 0 radical (unpaired) electrons. The first-order chi connectivity index (χ1) is 11.2. The summed E-state index contributed by atoms with van der Waals surface area (Å²) < 4.78 is 41.2. The van der Waals surface area contributed by atoms with Crippen molar-refractivity contribution in [3.63, 3.8) is 0 Å². The van der Waals surface area contributed by atoms with Crippen molar-refractivity contribution >= 4 is 17.8 Å². The lowest BCUT2D eigenvalue weighted by Gasteiger charge is -2.22. The molecule has 0 saturated carbocycles. The Bertz CT molecular complexity index is 576. The topological polar surface area (TPSA) is 75.7 Å². The first kappa shape index (κ1) is 19.5. The Labute approximate surface area is 136 Å². The average Bonchev–Trinajstić information content (AvgIpc) is 2.52. The number of esters is 1. The summed E-state index contributed by atoms with van der Waals surface area (Å²) in [6.07, 6.45) is -5.08. The maximum Gasteiger partial charge on any atom is 0.471 e. The summed E-state index contributed by atoms with van der Waals surface area (Å²) in [4.78, 5) is 35.4. The summed E-state index contributed by atoms with van der Waals surface area (Å²) in [5.74, 6) is -3.74. The minimum atomic E-state index is -5.08. The Hall–Kier alpha value is -2.58. The van der Waals surface area contributed by atoms with Crippen LogP contribution in [0.5, 0.6) is 0 Å². The maximum atomic E-state index is 12.1. The SMILES string of the molecule is CCOC(=O)CN(Cc1ccccc1)C(=O)CNC(=O)C(F)(F)F. The highest BCUT2D eigenvalue weighted by molar-refractivity contribution is 5.88. The number of hydrogen-bond donors (Lipinski definition) is 1. The van der Waals surface area contributed by atoms with Gasteiger partial charge in [0.2, 0.25) is 5.91 Å². The highest BCUT2D eigenvalue weighted by atomic mass is 19.4. The minimum Gasteiger partial charge on any atom is -0.465 e. The van der Waals surface area contributed by atoms with E-state index in [1.54, 1.807) is 37.3 Å². The second-order valence-electron chi connectivity index (χ2n) is 4.72. The van der Waals surface area contributed by atoms with Gasteiger partial charge in [-0.25, -0.2) is 0 Å². The zero-order valence-electron chi connectivity index (χ0n) is 12.9. The van der Waals surface area contributed by atoms with Crippen molar-refractivity contribution in [1.29, 1.82) is 0 Å². The van der Waals surface area contributed by atoms with E-state index in [-0.39, 0.29) is 13.2 Å². The first-order valence-electron chi connectivity index (χ1n) is 7.06. The van der Waals surface area contributed by atoms with Gasteiger partial charge in [-0.2, -0.15) is 13.2 Å². The minimum absolute atomic E-state index is 0.000373. The lowest BCUT2D eigenvalue weighted by atomic mass is 10.2. The van der Waals surface area contributed by atoms with Crippen molar-refractivity contribution < 1.29 is 32.3 Å². The maximum absolute atomic E-state index is 12.1. The van der Waals surface area contributed by atoms with E-state index in [0.717, 1.165) is 4.90 Å². The molecule has 0 heterocycles. The molecule has 1 aromatic rings. The monoisotopic (exact) mass is 346 g/mol. The Balaban J connectivity index is 2.74. The summed E-state index contributed by atoms with van der Waals surface area (Å²) >= 11 is 0. The standard InChI is InChI=1S/C15H17F3N2O4/c1-2-24-13(22)10-20(9-11-6-4-3-5-7-11)12(21)8-19-14(23)15(16,17)18/h3-7H,2,8-10H2,1H3,(H,19,23). The van der Waals surface area contributed by atoms with Gasteiger partial charge in [-0.05, 0) is 12.5 Å². The van der Waals surface area contributed by atoms with Crippen LogP contribution in [0.15, 0.2) is 30.3 Å². The van der Waals surface area contributed by atoms with E-state index < -0.39 is 37.0 Å². The van der Waals surface area contributed by atoms with E-state index >= 15 is 0 Å². The summed E-state index contributed by atoms with van der Waals surface area (Å²) in [5.41, 5.74) is 0.678. The molecule has 0 aliphatic rings. The van der Waals surface area contributed by atoms with Crippen LogP contribution < -0.4 is 5.32 Å². The van der Waals surface area contributed by atoms with Gasteiger partial charge in [0.25, 0.3) is 0 Å². The van der Waals surface area contributed by atoms with Crippen molar-refractivity contribution in [2.45, 2.75) is 19.6 Å². The average molecular weight is 346 g/mol. The highest BCUT2D eigenvalue weighted by Gasteiger charge is 2.38. The molecular weight excluding hydrogens is 329 g/mol. The van der Waals surface area contributed by atoms with E-state index in [0.29, 0.717) is 5.56 Å². The van der Waals surface area contributed by atoms with Crippen molar-refractivity contribution in [2.24, 2.45) is 0 Å². The molecule has 0 spiro atoms. The molecule has 0 bridgehead atoms. The molecule has 6 nitrogen and oxygen atoms in total. The second kappa shape index (κ2) is 8.90. The van der Waals surface area contributed by atoms with Crippen LogP contribution in [0, 0.1) is 0 Å². The van der Waals surface area contributed by atoms with Gasteiger partial charge < -0.3 is 15.0 Å². The number of amides is 2. The molecule has 1 N–H and O–H groups in total. The summed E-state index contributed by atoms with van der Waals surface area (Å²) in [6, 6.07) is 8.57. The predicted molar refractivity (Wildman–Crippen MR) is 77.6 cm³/mol. The summed E-state index contributed by atoms with van der Waals surface area (Å²) in [6.45, 7) is 0.399. The van der Waals surface area contributed by atoms with Crippen LogP contribution in [0.25, 0.3) is 0 Å². The molecule has 9 heteroatoms. The lowest BCUT2D eigenvalue weighted by Crippen LogP contribution is -2.45. The number of nitrogens with zero attached hydrogens (tertiary/aromatic N) is 1. The van der Waals surface area contributed by atoms with Crippen LogP contribution >= 0.6 is 0 Å². The van der Waals surface area contributed by atoms with Gasteiger partial charge in [0.1, 0.15) is 6.54 Å². The number of benzene rings is 1. The van der Waals surface area contributed by atoms with Crippen molar-refractivity contribution in [2.75, 3.05) is 19.7 Å². The molecule has 132 valence electrons. The molecule has 0 unspecified atom stereocenters. The van der Waals surface area contributed by atoms with E-state index in [4.69, 9.17) is 4.74 Å². The van der Waals surface area contributed by atoms with Gasteiger partial charge in [0.05, 0.1) is 13.2 Å². The van der Waals surface area contributed by atoms with Crippen LogP contribution in [0.2, 0.25) is 0 Å². The molecule has 1 rings (SSSR count). The smallest absolute Gasteiger partial charge is 0.465 e. The van der Waals surface area contributed by atoms with Gasteiger partial charge >= 0.3 is 18.1 Å². The number of halogens is 3. The summed E-state index contributed by atoms with van der Waals surface area (Å²) in [7, 11) is 0. The fourth-order valence-electron chi connectivity index (χ4n) is 1.77. The molecule has 0 aromatic heterocycles. The van der Waals surface area contributed by atoms with Gasteiger partial charge in [-0.15, -0.1) is 0 Å². The molecule has 0 fully saturated rings. The number of nitrogens with one attached hydrogen (secondary N) is 1. The zero-order valence-corrected chi connectivity index (χ0v) is 12.9. The van der Waals surface area contributed by atoms with Gasteiger partial charge in [-0.3, -0.25) is 14.4 Å². The second-order valence-corrected chi connectivity index (χ2v) is 4.72. The number of carbonyl (C=O) groups excluding carboxylic acids is 3. The molecule has 2 amide bonds. The summed E-state index contributed by atoms with van der Waals surface area (Å²) in [5, 5.41) is 1.49. The molecule has 24 heavy (non-hydrogen) atoms. The molecule has 0 saturated heterocycles. The molecule has 0 aliphatic heterocycles. The van der Waals surface area contributed by atoms with E-state index in [1.165, 1.54) is 5.32 Å². The highest BCUT2D eigenvalue weighted by Crippen LogP contribution is 2.14. The third-order valence-electron chi connectivity index (χ3n) is 2.85. The third kappa shape index (κ3) is 6.67. The Morgan fingerprint density at radius 2 is 1.79 bits per heavy atom. The fourth-order valence-corrected chi connectivity index (χ4v) is 1.77. The Kier molecular flexibility index (Phi) is 7.22. The van der Waals surface area contributed by atoms with Gasteiger partial charge in [0.15, 0.2) is 0 Å². The first-order valence-corrected chi connectivity index (χ1v) is 7.06. The van der Waals surface area contributed by atoms with Crippen LogP contribution in [0.4, 0.5) is 13.2 Å². The molecule has 1 aromatic carbocycles. The Morgan fingerprint density at radius 1 is 1.17 bits per heavy atom.